The van der Waals surface area contributed by atoms with Crippen molar-refractivity contribution in [3.05, 3.63) is 71.8 Å². The Morgan fingerprint density at radius 3 is 2.36 bits per heavy atom. The standard InChI is InChI=1S/C23H20N2O3/c1-14-6-4-5-7-18(14)19-10-8-16(12-15(19)2)23-24-22(25-28-23)20-11-9-17(26)13-21(20)27-3/h4-13,26H,1-3H3. The summed E-state index contributed by atoms with van der Waals surface area (Å²) in [5.41, 5.74) is 6.27. The lowest BCUT2D eigenvalue weighted by Crippen LogP contribution is -1.90. The normalized spacial score (nSPS) is 10.8. The first-order valence-electron chi connectivity index (χ1n) is 8.95. The summed E-state index contributed by atoms with van der Waals surface area (Å²) in [7, 11) is 1.53. The van der Waals surface area contributed by atoms with Crippen molar-refractivity contribution in [2.75, 3.05) is 7.11 Å². The number of phenols is 1. The fourth-order valence-electron chi connectivity index (χ4n) is 3.29. The number of nitrogens with zero attached hydrogens (tertiary/aromatic N) is 2. The lowest BCUT2D eigenvalue weighted by atomic mass is 9.95. The number of hydrogen-bond acceptors (Lipinski definition) is 5. The van der Waals surface area contributed by atoms with Crippen molar-refractivity contribution in [1.82, 2.24) is 10.1 Å². The van der Waals surface area contributed by atoms with Gasteiger partial charge >= 0.3 is 0 Å². The second kappa shape index (κ2) is 7.19. The molecule has 0 saturated heterocycles. The van der Waals surface area contributed by atoms with E-state index >= 15 is 0 Å². The van der Waals surface area contributed by atoms with E-state index in [9.17, 15) is 5.11 Å². The zero-order valence-corrected chi connectivity index (χ0v) is 15.9. The van der Waals surface area contributed by atoms with E-state index in [0.29, 0.717) is 23.0 Å². The Kier molecular flexibility index (Phi) is 4.57. The number of ether oxygens (including phenoxy) is 1. The molecule has 0 fully saturated rings. The highest BCUT2D eigenvalue weighted by atomic mass is 16.5. The summed E-state index contributed by atoms with van der Waals surface area (Å²) in [4.78, 5) is 4.51. The van der Waals surface area contributed by atoms with E-state index in [-0.39, 0.29) is 5.75 Å². The predicted octanol–water partition coefficient (Wildman–Crippen LogP) is 5.40. The van der Waals surface area contributed by atoms with Gasteiger partial charge in [-0.05, 0) is 60.4 Å². The van der Waals surface area contributed by atoms with Crippen molar-refractivity contribution in [1.29, 1.82) is 0 Å². The molecule has 0 radical (unpaired) electrons. The second-order valence-corrected chi connectivity index (χ2v) is 6.65. The molecule has 1 N–H and O–H groups in total. The molecular formula is C23H20N2O3. The highest BCUT2D eigenvalue weighted by Gasteiger charge is 2.16. The Labute approximate surface area is 163 Å². The van der Waals surface area contributed by atoms with Gasteiger partial charge in [-0.2, -0.15) is 4.98 Å². The Morgan fingerprint density at radius 2 is 1.61 bits per heavy atom. The molecule has 140 valence electrons. The van der Waals surface area contributed by atoms with Gasteiger partial charge in [-0.3, -0.25) is 0 Å². The Balaban J connectivity index is 1.70. The Bertz CT molecular complexity index is 1150. The molecule has 0 bridgehead atoms. The molecule has 1 heterocycles. The second-order valence-electron chi connectivity index (χ2n) is 6.65. The summed E-state index contributed by atoms with van der Waals surface area (Å²) in [5, 5.41) is 13.7. The minimum Gasteiger partial charge on any atom is -0.508 e. The van der Waals surface area contributed by atoms with Gasteiger partial charge in [0.15, 0.2) is 0 Å². The molecule has 0 unspecified atom stereocenters. The smallest absolute Gasteiger partial charge is 0.258 e. The van der Waals surface area contributed by atoms with Gasteiger partial charge in [-0.1, -0.05) is 35.5 Å². The highest BCUT2D eigenvalue weighted by Crippen LogP contribution is 2.34. The quantitative estimate of drug-likeness (QED) is 0.519. The summed E-state index contributed by atoms with van der Waals surface area (Å²) in [6.45, 7) is 4.18. The number of aryl methyl sites for hydroxylation is 2. The summed E-state index contributed by atoms with van der Waals surface area (Å²) >= 11 is 0. The number of methoxy groups -OCH3 is 1. The molecule has 3 aromatic carbocycles. The average Bonchev–Trinajstić information content (AvgIpc) is 3.18. The van der Waals surface area contributed by atoms with E-state index in [1.54, 1.807) is 12.1 Å². The van der Waals surface area contributed by atoms with Crippen LogP contribution in [0.4, 0.5) is 0 Å². The number of aromatic hydroxyl groups is 1. The van der Waals surface area contributed by atoms with Gasteiger partial charge in [-0.25, -0.2) is 0 Å². The minimum atomic E-state index is 0.117. The third-order valence-corrected chi connectivity index (χ3v) is 4.76. The van der Waals surface area contributed by atoms with Crippen LogP contribution in [-0.4, -0.2) is 22.4 Å². The van der Waals surface area contributed by atoms with Crippen LogP contribution in [0, 0.1) is 13.8 Å². The van der Waals surface area contributed by atoms with Crippen molar-refractivity contribution in [2.45, 2.75) is 13.8 Å². The molecule has 0 amide bonds. The highest BCUT2D eigenvalue weighted by molar-refractivity contribution is 5.74. The number of phenolic OH excluding ortho intramolecular Hbond substituents is 1. The maximum Gasteiger partial charge on any atom is 0.258 e. The van der Waals surface area contributed by atoms with Gasteiger partial charge in [0.05, 0.1) is 12.7 Å². The van der Waals surface area contributed by atoms with Crippen LogP contribution >= 0.6 is 0 Å². The van der Waals surface area contributed by atoms with Gasteiger partial charge in [0.2, 0.25) is 5.82 Å². The van der Waals surface area contributed by atoms with E-state index in [1.165, 1.54) is 29.9 Å². The SMILES string of the molecule is COc1cc(O)ccc1-c1noc(-c2ccc(-c3ccccc3C)c(C)c2)n1. The van der Waals surface area contributed by atoms with E-state index in [4.69, 9.17) is 9.26 Å². The summed E-state index contributed by atoms with van der Waals surface area (Å²) in [5.74, 6) is 1.45. The maximum atomic E-state index is 9.62. The molecular weight excluding hydrogens is 352 g/mol. The molecule has 0 saturated carbocycles. The topological polar surface area (TPSA) is 68.4 Å². The lowest BCUT2D eigenvalue weighted by molar-refractivity contribution is 0.407. The van der Waals surface area contributed by atoms with Gasteiger partial charge in [0.25, 0.3) is 5.89 Å². The zero-order valence-electron chi connectivity index (χ0n) is 15.9. The first-order valence-corrected chi connectivity index (χ1v) is 8.95. The van der Waals surface area contributed by atoms with Crippen LogP contribution in [0.2, 0.25) is 0 Å². The predicted molar refractivity (Wildman–Crippen MR) is 108 cm³/mol. The molecule has 5 heteroatoms. The fraction of sp³-hybridized carbons (Fsp3) is 0.130. The Morgan fingerprint density at radius 1 is 0.857 bits per heavy atom. The summed E-state index contributed by atoms with van der Waals surface area (Å²) in [6, 6.07) is 19.2. The van der Waals surface area contributed by atoms with Crippen molar-refractivity contribution < 1.29 is 14.4 Å². The number of benzene rings is 3. The van der Waals surface area contributed by atoms with Crippen LogP contribution < -0.4 is 4.74 Å². The fourth-order valence-corrected chi connectivity index (χ4v) is 3.29. The molecule has 28 heavy (non-hydrogen) atoms. The van der Waals surface area contributed by atoms with Crippen LogP contribution in [0.5, 0.6) is 11.5 Å². The van der Waals surface area contributed by atoms with Crippen molar-refractivity contribution >= 4 is 0 Å². The van der Waals surface area contributed by atoms with E-state index in [0.717, 1.165) is 11.1 Å². The molecule has 0 atom stereocenters. The van der Waals surface area contributed by atoms with Gasteiger partial charge in [-0.15, -0.1) is 0 Å². The third-order valence-electron chi connectivity index (χ3n) is 4.76. The number of aromatic nitrogens is 2. The molecule has 0 aliphatic carbocycles. The molecule has 0 aliphatic heterocycles. The maximum absolute atomic E-state index is 9.62. The molecule has 5 nitrogen and oxygen atoms in total. The summed E-state index contributed by atoms with van der Waals surface area (Å²) < 4.78 is 10.8. The van der Waals surface area contributed by atoms with Gasteiger partial charge in [0.1, 0.15) is 11.5 Å². The van der Waals surface area contributed by atoms with Gasteiger partial charge < -0.3 is 14.4 Å². The van der Waals surface area contributed by atoms with Crippen molar-refractivity contribution in [3.8, 4) is 45.5 Å². The molecule has 1 aromatic heterocycles. The van der Waals surface area contributed by atoms with E-state index in [1.807, 2.05) is 24.3 Å². The van der Waals surface area contributed by atoms with Crippen LogP contribution in [0.1, 0.15) is 11.1 Å². The molecule has 0 aliphatic rings. The monoisotopic (exact) mass is 372 g/mol. The van der Waals surface area contributed by atoms with Crippen LogP contribution in [-0.2, 0) is 0 Å². The summed E-state index contributed by atoms with van der Waals surface area (Å²) in [6.07, 6.45) is 0. The van der Waals surface area contributed by atoms with Crippen LogP contribution in [0.3, 0.4) is 0 Å². The van der Waals surface area contributed by atoms with E-state index < -0.39 is 0 Å². The zero-order chi connectivity index (χ0) is 19.7. The third kappa shape index (κ3) is 3.22. The van der Waals surface area contributed by atoms with Crippen molar-refractivity contribution in [3.63, 3.8) is 0 Å². The lowest BCUT2D eigenvalue weighted by Gasteiger charge is -2.10. The van der Waals surface area contributed by atoms with Crippen LogP contribution in [0.15, 0.2) is 65.2 Å². The first kappa shape index (κ1) is 17.8. The molecule has 4 rings (SSSR count). The van der Waals surface area contributed by atoms with Crippen LogP contribution in [0.25, 0.3) is 34.0 Å². The minimum absolute atomic E-state index is 0.117. The molecule has 4 aromatic rings. The number of rotatable bonds is 4. The number of hydrogen-bond donors (Lipinski definition) is 1. The van der Waals surface area contributed by atoms with E-state index in [2.05, 4.69) is 42.2 Å². The first-order chi connectivity index (χ1) is 13.6. The average molecular weight is 372 g/mol. The largest absolute Gasteiger partial charge is 0.508 e. The van der Waals surface area contributed by atoms with Crippen molar-refractivity contribution in [2.24, 2.45) is 0 Å². The molecule has 0 spiro atoms. The van der Waals surface area contributed by atoms with Gasteiger partial charge in [0, 0.05) is 11.6 Å². The Hall–Kier alpha value is -3.60.